The lowest BCUT2D eigenvalue weighted by atomic mass is 9.98. The van der Waals surface area contributed by atoms with Crippen LogP contribution in [-0.2, 0) is 9.59 Å². The Morgan fingerprint density at radius 2 is 2.25 bits per heavy atom. The SMILES string of the molecule is C[C@H](C(=O)N1CCCC[C@H]1CCO)N1C(=O)/C(=C/c2cccc(F)c2)SC1=S. The normalized spacial score (nSPS) is 22.8. The van der Waals surface area contributed by atoms with Crippen molar-refractivity contribution in [2.24, 2.45) is 0 Å². The monoisotopic (exact) mass is 422 g/mol. The average Bonchev–Trinajstić information content (AvgIpc) is 2.94. The highest BCUT2D eigenvalue weighted by atomic mass is 32.2. The molecule has 2 amide bonds. The summed E-state index contributed by atoms with van der Waals surface area (Å²) in [7, 11) is 0. The van der Waals surface area contributed by atoms with Gasteiger partial charge in [-0.3, -0.25) is 14.5 Å². The van der Waals surface area contributed by atoms with E-state index < -0.39 is 6.04 Å². The van der Waals surface area contributed by atoms with Crippen LogP contribution in [-0.4, -0.2) is 56.3 Å². The molecule has 1 aromatic rings. The molecule has 5 nitrogen and oxygen atoms in total. The molecule has 0 radical (unpaired) electrons. The Kier molecular flexibility index (Phi) is 6.85. The lowest BCUT2D eigenvalue weighted by Gasteiger charge is -2.38. The van der Waals surface area contributed by atoms with Crippen LogP contribution in [0.25, 0.3) is 6.08 Å². The third-order valence-corrected chi connectivity index (χ3v) is 6.42. The van der Waals surface area contributed by atoms with Crippen molar-refractivity contribution in [1.29, 1.82) is 0 Å². The Hall–Kier alpha value is -1.77. The molecule has 2 aliphatic rings. The molecule has 3 rings (SSSR count). The predicted octanol–water partition coefficient (Wildman–Crippen LogP) is 3.18. The number of hydrogen-bond acceptors (Lipinski definition) is 5. The fraction of sp³-hybridized carbons (Fsp3) is 0.450. The molecule has 1 aromatic carbocycles. The number of thiocarbonyl (C=S) groups is 1. The second-order valence-corrected chi connectivity index (χ2v) is 8.65. The van der Waals surface area contributed by atoms with Gasteiger partial charge in [0.1, 0.15) is 16.2 Å². The molecule has 0 aliphatic carbocycles. The van der Waals surface area contributed by atoms with Crippen LogP contribution in [0, 0.1) is 5.82 Å². The number of carbonyl (C=O) groups is 2. The number of carbonyl (C=O) groups excluding carboxylic acids is 2. The average molecular weight is 423 g/mol. The first kappa shape index (κ1) is 21.0. The maximum atomic E-state index is 13.4. The summed E-state index contributed by atoms with van der Waals surface area (Å²) in [5.41, 5.74) is 0.568. The quantitative estimate of drug-likeness (QED) is 0.583. The Morgan fingerprint density at radius 3 is 2.96 bits per heavy atom. The lowest BCUT2D eigenvalue weighted by Crippen LogP contribution is -2.53. The van der Waals surface area contributed by atoms with Gasteiger partial charge in [0.05, 0.1) is 4.91 Å². The first-order chi connectivity index (χ1) is 13.4. The summed E-state index contributed by atoms with van der Waals surface area (Å²) in [6, 6.07) is 5.24. The summed E-state index contributed by atoms with van der Waals surface area (Å²) in [4.78, 5) is 29.5. The lowest BCUT2D eigenvalue weighted by molar-refractivity contribution is -0.142. The number of aliphatic hydroxyl groups excluding tert-OH is 1. The van der Waals surface area contributed by atoms with Gasteiger partial charge in [0.2, 0.25) is 5.91 Å². The number of benzene rings is 1. The molecule has 0 bridgehead atoms. The van der Waals surface area contributed by atoms with Gasteiger partial charge in [0.25, 0.3) is 5.91 Å². The third-order valence-electron chi connectivity index (χ3n) is 5.09. The molecule has 28 heavy (non-hydrogen) atoms. The largest absolute Gasteiger partial charge is 0.396 e. The number of nitrogens with zero attached hydrogens (tertiary/aromatic N) is 2. The number of hydrogen-bond donors (Lipinski definition) is 1. The molecule has 0 unspecified atom stereocenters. The first-order valence-electron chi connectivity index (χ1n) is 9.36. The highest BCUT2D eigenvalue weighted by Gasteiger charge is 2.40. The van der Waals surface area contributed by atoms with Crippen molar-refractivity contribution < 1.29 is 19.1 Å². The van der Waals surface area contributed by atoms with Crippen LogP contribution in [0.15, 0.2) is 29.2 Å². The van der Waals surface area contributed by atoms with E-state index in [1.807, 2.05) is 0 Å². The smallest absolute Gasteiger partial charge is 0.266 e. The maximum Gasteiger partial charge on any atom is 0.266 e. The van der Waals surface area contributed by atoms with Gasteiger partial charge in [-0.1, -0.05) is 36.1 Å². The van der Waals surface area contributed by atoms with Crippen molar-refractivity contribution in [3.63, 3.8) is 0 Å². The van der Waals surface area contributed by atoms with Gasteiger partial charge in [-0.05, 0) is 56.4 Å². The molecule has 150 valence electrons. The summed E-state index contributed by atoms with van der Waals surface area (Å²) in [5, 5.41) is 9.29. The van der Waals surface area contributed by atoms with Gasteiger partial charge in [0.15, 0.2) is 0 Å². The third kappa shape index (κ3) is 4.45. The van der Waals surface area contributed by atoms with Crippen molar-refractivity contribution in [2.45, 2.75) is 44.7 Å². The number of piperidine rings is 1. The molecule has 2 aliphatic heterocycles. The topological polar surface area (TPSA) is 60.9 Å². The molecule has 2 heterocycles. The minimum Gasteiger partial charge on any atom is -0.396 e. The zero-order valence-corrected chi connectivity index (χ0v) is 17.3. The second kappa shape index (κ2) is 9.15. The molecule has 2 fully saturated rings. The second-order valence-electron chi connectivity index (χ2n) is 6.98. The van der Waals surface area contributed by atoms with E-state index in [1.54, 1.807) is 30.0 Å². The Balaban J connectivity index is 1.78. The maximum absolute atomic E-state index is 13.4. The Morgan fingerprint density at radius 1 is 1.46 bits per heavy atom. The minimum absolute atomic E-state index is 0.00469. The molecule has 0 aromatic heterocycles. The summed E-state index contributed by atoms with van der Waals surface area (Å²) in [6.45, 7) is 2.34. The summed E-state index contributed by atoms with van der Waals surface area (Å²) >= 11 is 6.48. The number of aliphatic hydroxyl groups is 1. The van der Waals surface area contributed by atoms with E-state index in [0.717, 1.165) is 31.0 Å². The molecular formula is C20H23FN2O3S2. The van der Waals surface area contributed by atoms with Crippen LogP contribution in [0.5, 0.6) is 0 Å². The van der Waals surface area contributed by atoms with Crippen molar-refractivity contribution in [1.82, 2.24) is 9.80 Å². The molecule has 0 spiro atoms. The van der Waals surface area contributed by atoms with E-state index in [0.29, 0.717) is 27.8 Å². The van der Waals surface area contributed by atoms with Gasteiger partial charge in [-0.2, -0.15) is 0 Å². The van der Waals surface area contributed by atoms with E-state index in [9.17, 15) is 19.1 Å². The Bertz CT molecular complexity index is 812. The van der Waals surface area contributed by atoms with E-state index in [2.05, 4.69) is 0 Å². The minimum atomic E-state index is -0.717. The highest BCUT2D eigenvalue weighted by Crippen LogP contribution is 2.35. The number of halogens is 1. The standard InChI is InChI=1S/C20H23FN2O3S2/c1-13(18(25)22-9-3-2-7-16(22)8-10-24)23-19(26)17(28-20(23)27)12-14-5-4-6-15(21)11-14/h4-6,11-13,16,24H,2-3,7-10H2,1H3/b17-12-/t13-,16+/m1/s1. The van der Waals surface area contributed by atoms with Crippen molar-refractivity contribution in [3.8, 4) is 0 Å². The number of likely N-dealkylation sites (tertiary alicyclic amines) is 1. The van der Waals surface area contributed by atoms with Gasteiger partial charge in [0, 0.05) is 19.2 Å². The fourth-order valence-corrected chi connectivity index (χ4v) is 5.07. The van der Waals surface area contributed by atoms with Crippen LogP contribution in [0.4, 0.5) is 4.39 Å². The predicted molar refractivity (Wildman–Crippen MR) is 112 cm³/mol. The fourth-order valence-electron chi connectivity index (χ4n) is 3.65. The molecule has 2 saturated heterocycles. The zero-order chi connectivity index (χ0) is 20.3. The van der Waals surface area contributed by atoms with E-state index >= 15 is 0 Å². The molecule has 1 N–H and O–H groups in total. The van der Waals surface area contributed by atoms with Crippen LogP contribution >= 0.6 is 24.0 Å². The number of thioether (sulfide) groups is 1. The number of amides is 2. The zero-order valence-electron chi connectivity index (χ0n) is 15.6. The molecular weight excluding hydrogens is 399 g/mol. The van der Waals surface area contributed by atoms with Gasteiger partial charge in [-0.15, -0.1) is 0 Å². The molecule has 0 saturated carbocycles. The van der Waals surface area contributed by atoms with Crippen LogP contribution in [0.2, 0.25) is 0 Å². The molecule has 8 heteroatoms. The van der Waals surface area contributed by atoms with E-state index in [-0.39, 0.29) is 30.3 Å². The first-order valence-corrected chi connectivity index (χ1v) is 10.6. The van der Waals surface area contributed by atoms with Crippen LogP contribution < -0.4 is 0 Å². The van der Waals surface area contributed by atoms with Gasteiger partial charge < -0.3 is 10.0 Å². The Labute approximate surface area is 173 Å². The van der Waals surface area contributed by atoms with Crippen LogP contribution in [0.3, 0.4) is 0 Å². The van der Waals surface area contributed by atoms with E-state index in [4.69, 9.17) is 12.2 Å². The van der Waals surface area contributed by atoms with Crippen molar-refractivity contribution >= 4 is 46.2 Å². The summed E-state index contributed by atoms with van der Waals surface area (Å²) < 4.78 is 13.7. The number of rotatable bonds is 5. The van der Waals surface area contributed by atoms with Gasteiger partial charge >= 0.3 is 0 Å². The van der Waals surface area contributed by atoms with Gasteiger partial charge in [-0.25, -0.2) is 4.39 Å². The molecule has 2 atom stereocenters. The van der Waals surface area contributed by atoms with E-state index in [1.165, 1.54) is 17.0 Å². The summed E-state index contributed by atoms with van der Waals surface area (Å²) in [5.74, 6) is -0.870. The van der Waals surface area contributed by atoms with Crippen LogP contribution in [0.1, 0.15) is 38.2 Å². The van der Waals surface area contributed by atoms with Crippen molar-refractivity contribution in [2.75, 3.05) is 13.2 Å². The van der Waals surface area contributed by atoms with Crippen molar-refractivity contribution in [3.05, 3.63) is 40.6 Å². The summed E-state index contributed by atoms with van der Waals surface area (Å²) in [6.07, 6.45) is 4.93. The highest BCUT2D eigenvalue weighted by molar-refractivity contribution is 8.26.